The first-order chi connectivity index (χ1) is 14.0. The maximum Gasteiger partial charge on any atom is 0.396 e. The molecule has 0 unspecified atom stereocenters. The second-order valence-electron chi connectivity index (χ2n) is 6.62. The van der Waals surface area contributed by atoms with Crippen molar-refractivity contribution in [1.29, 1.82) is 0 Å². The molecule has 8 nitrogen and oxygen atoms in total. The summed E-state index contributed by atoms with van der Waals surface area (Å²) < 4.78 is 3.54. The van der Waals surface area contributed by atoms with Crippen molar-refractivity contribution < 1.29 is 4.92 Å². The number of nitrogens with zero attached hydrogens (tertiary/aromatic N) is 6. The predicted octanol–water partition coefficient (Wildman–Crippen LogP) is 4.34. The molecule has 0 saturated carbocycles. The van der Waals surface area contributed by atoms with E-state index in [0.717, 1.165) is 16.8 Å². The summed E-state index contributed by atoms with van der Waals surface area (Å²) in [6, 6.07) is 15.8. The van der Waals surface area contributed by atoms with E-state index in [2.05, 4.69) is 28.2 Å². The third-order valence-electron chi connectivity index (χ3n) is 4.64. The average molecular weight is 406 g/mol. The highest BCUT2D eigenvalue weighted by molar-refractivity contribution is 7.99. The first-order valence-electron chi connectivity index (χ1n) is 8.87. The fraction of sp³-hybridized carbons (Fsp3) is 0.150. The van der Waals surface area contributed by atoms with Crippen LogP contribution in [0.15, 0.2) is 65.0 Å². The van der Waals surface area contributed by atoms with Gasteiger partial charge in [0.25, 0.3) is 0 Å². The summed E-state index contributed by atoms with van der Waals surface area (Å²) in [4.78, 5) is 14.8. The molecule has 0 spiro atoms. The van der Waals surface area contributed by atoms with Gasteiger partial charge in [-0.1, -0.05) is 36.4 Å². The first kappa shape index (κ1) is 18.9. The van der Waals surface area contributed by atoms with Gasteiger partial charge in [-0.15, -0.1) is 10.2 Å². The Morgan fingerprint density at radius 3 is 2.48 bits per heavy atom. The Morgan fingerprint density at radius 2 is 1.79 bits per heavy atom. The van der Waals surface area contributed by atoms with Crippen LogP contribution in [0.1, 0.15) is 11.1 Å². The van der Waals surface area contributed by atoms with Crippen molar-refractivity contribution in [3.8, 4) is 17.1 Å². The van der Waals surface area contributed by atoms with Gasteiger partial charge in [-0.2, -0.15) is 0 Å². The molecule has 9 heteroatoms. The Hall–Kier alpha value is -3.46. The van der Waals surface area contributed by atoms with Gasteiger partial charge in [-0.3, -0.25) is 4.57 Å². The molecule has 4 rings (SSSR count). The van der Waals surface area contributed by atoms with E-state index >= 15 is 0 Å². The van der Waals surface area contributed by atoms with E-state index in [1.54, 1.807) is 11.6 Å². The number of nitro groups is 1. The van der Waals surface area contributed by atoms with Crippen LogP contribution < -0.4 is 0 Å². The highest BCUT2D eigenvalue weighted by Gasteiger charge is 2.25. The molecular formula is C20H18N6O2S. The number of imidazole rings is 1. The molecule has 2 aromatic heterocycles. The molecular weight excluding hydrogens is 388 g/mol. The van der Waals surface area contributed by atoms with Gasteiger partial charge in [0, 0.05) is 12.6 Å². The minimum atomic E-state index is -0.489. The van der Waals surface area contributed by atoms with Gasteiger partial charge in [0.15, 0.2) is 10.9 Å². The molecule has 0 bridgehead atoms. The van der Waals surface area contributed by atoms with Crippen molar-refractivity contribution in [3.05, 3.63) is 76.1 Å². The van der Waals surface area contributed by atoms with Gasteiger partial charge in [-0.05, 0) is 58.8 Å². The number of hydrogen-bond acceptors (Lipinski definition) is 6. The molecule has 0 N–H and O–H groups in total. The lowest BCUT2D eigenvalue weighted by atomic mass is 10.1. The minimum Gasteiger partial charge on any atom is -0.358 e. The Morgan fingerprint density at radius 1 is 1.03 bits per heavy atom. The largest absolute Gasteiger partial charge is 0.396 e. The molecule has 29 heavy (non-hydrogen) atoms. The molecule has 2 aromatic carbocycles. The van der Waals surface area contributed by atoms with E-state index in [1.807, 2.05) is 54.0 Å². The van der Waals surface area contributed by atoms with Crippen molar-refractivity contribution >= 4 is 17.6 Å². The summed E-state index contributed by atoms with van der Waals surface area (Å²) in [5.41, 5.74) is 4.12. The van der Waals surface area contributed by atoms with Crippen molar-refractivity contribution in [2.24, 2.45) is 7.05 Å². The lowest BCUT2D eigenvalue weighted by Gasteiger charge is -2.12. The SMILES string of the molecule is Cc1ccc(-n2c(Sc3c([N+](=O)[O-])ncn3C)nnc2-c2ccccc2)cc1C. The maximum atomic E-state index is 11.4. The third-order valence-corrected chi connectivity index (χ3v) is 5.75. The first-order valence-corrected chi connectivity index (χ1v) is 9.69. The van der Waals surface area contributed by atoms with Crippen molar-refractivity contribution in [2.75, 3.05) is 0 Å². The Bertz CT molecular complexity index is 1200. The molecule has 4 aromatic rings. The lowest BCUT2D eigenvalue weighted by molar-refractivity contribution is -0.392. The van der Waals surface area contributed by atoms with Crippen LogP contribution in [-0.4, -0.2) is 29.2 Å². The highest BCUT2D eigenvalue weighted by atomic mass is 32.2. The Kier molecular flexibility index (Phi) is 4.89. The topological polar surface area (TPSA) is 91.7 Å². The van der Waals surface area contributed by atoms with E-state index in [0.29, 0.717) is 16.0 Å². The van der Waals surface area contributed by atoms with Crippen LogP contribution in [0, 0.1) is 24.0 Å². The van der Waals surface area contributed by atoms with Crippen molar-refractivity contribution in [1.82, 2.24) is 24.3 Å². The van der Waals surface area contributed by atoms with Crippen LogP contribution >= 0.6 is 11.8 Å². The smallest absolute Gasteiger partial charge is 0.358 e. The molecule has 0 aliphatic rings. The fourth-order valence-electron chi connectivity index (χ4n) is 2.94. The average Bonchev–Trinajstić information content (AvgIpc) is 3.29. The zero-order valence-corrected chi connectivity index (χ0v) is 16.9. The van der Waals surface area contributed by atoms with Gasteiger partial charge in [0.05, 0.1) is 5.69 Å². The molecule has 0 aliphatic carbocycles. The number of aryl methyl sites for hydroxylation is 3. The fourth-order valence-corrected chi connectivity index (χ4v) is 3.89. The molecule has 0 aliphatic heterocycles. The van der Waals surface area contributed by atoms with Crippen LogP contribution in [0.25, 0.3) is 17.1 Å². The lowest BCUT2D eigenvalue weighted by Crippen LogP contribution is -2.02. The molecule has 2 heterocycles. The Balaban J connectivity index is 1.89. The summed E-state index contributed by atoms with van der Waals surface area (Å²) in [6.45, 7) is 4.10. The second kappa shape index (κ2) is 7.51. The van der Waals surface area contributed by atoms with Crippen molar-refractivity contribution in [2.45, 2.75) is 24.0 Å². The van der Waals surface area contributed by atoms with E-state index < -0.39 is 4.92 Å². The Labute approximate surface area is 171 Å². The van der Waals surface area contributed by atoms with Gasteiger partial charge >= 0.3 is 5.82 Å². The molecule has 0 saturated heterocycles. The van der Waals surface area contributed by atoms with Gasteiger partial charge in [-0.25, -0.2) is 0 Å². The van der Waals surface area contributed by atoms with Gasteiger partial charge in [0.2, 0.25) is 11.5 Å². The molecule has 0 amide bonds. The zero-order valence-electron chi connectivity index (χ0n) is 16.1. The summed E-state index contributed by atoms with van der Waals surface area (Å²) in [6.07, 6.45) is 1.43. The molecule has 0 atom stereocenters. The second-order valence-corrected chi connectivity index (χ2v) is 7.58. The molecule has 0 fully saturated rings. The van der Waals surface area contributed by atoms with E-state index in [9.17, 15) is 10.1 Å². The zero-order chi connectivity index (χ0) is 20.5. The quantitative estimate of drug-likeness (QED) is 0.362. The number of benzene rings is 2. The summed E-state index contributed by atoms with van der Waals surface area (Å²) >= 11 is 1.17. The summed E-state index contributed by atoms with van der Waals surface area (Å²) in [7, 11) is 1.72. The number of aromatic nitrogens is 5. The summed E-state index contributed by atoms with van der Waals surface area (Å²) in [5.74, 6) is 0.467. The predicted molar refractivity (Wildman–Crippen MR) is 110 cm³/mol. The van der Waals surface area contributed by atoms with Crippen LogP contribution in [0.4, 0.5) is 5.82 Å². The number of hydrogen-bond donors (Lipinski definition) is 0. The van der Waals surface area contributed by atoms with Crippen LogP contribution in [-0.2, 0) is 7.05 Å². The van der Waals surface area contributed by atoms with Crippen LogP contribution in [0.5, 0.6) is 0 Å². The third kappa shape index (κ3) is 3.52. The molecule has 0 radical (unpaired) electrons. The maximum absolute atomic E-state index is 11.4. The van der Waals surface area contributed by atoms with Gasteiger partial charge < -0.3 is 14.7 Å². The van der Waals surface area contributed by atoms with Crippen molar-refractivity contribution in [3.63, 3.8) is 0 Å². The van der Waals surface area contributed by atoms with Crippen LogP contribution in [0.3, 0.4) is 0 Å². The monoisotopic (exact) mass is 406 g/mol. The number of rotatable bonds is 5. The van der Waals surface area contributed by atoms with E-state index in [1.165, 1.54) is 23.7 Å². The normalized spacial score (nSPS) is 11.0. The van der Waals surface area contributed by atoms with E-state index in [4.69, 9.17) is 0 Å². The standard InChI is InChI=1S/C20H18N6O2S/c1-13-9-10-16(11-14(13)2)25-17(15-7-5-4-6-8-15)22-23-20(25)29-19-18(26(27)28)21-12-24(19)3/h4-12H,1-3H3. The summed E-state index contributed by atoms with van der Waals surface area (Å²) in [5, 5.41) is 21.0. The van der Waals surface area contributed by atoms with Crippen LogP contribution in [0.2, 0.25) is 0 Å². The molecule has 146 valence electrons. The minimum absolute atomic E-state index is 0.201. The van der Waals surface area contributed by atoms with E-state index in [-0.39, 0.29) is 5.82 Å². The highest BCUT2D eigenvalue weighted by Crippen LogP contribution is 2.36. The van der Waals surface area contributed by atoms with Gasteiger partial charge in [0.1, 0.15) is 0 Å².